The molecule has 3 nitrogen and oxygen atoms in total. The molecule has 1 heterocycles. The number of allylic oxidation sites excluding steroid dienone is 6. The monoisotopic (exact) mass is 232 g/mol. The second-order valence-corrected chi connectivity index (χ2v) is 3.89. The molecule has 3 heteroatoms. The van der Waals surface area contributed by atoms with Crippen molar-refractivity contribution < 1.29 is 14.3 Å². The molecule has 90 valence electrons. The maximum atomic E-state index is 12.0. The van der Waals surface area contributed by atoms with E-state index in [1.165, 1.54) is 0 Å². The summed E-state index contributed by atoms with van der Waals surface area (Å²) in [4.78, 5) is 12.0. The number of hydrogen-bond donors (Lipinski definition) is 0. The standard InChI is InChI=1S/C14H16O3/c1-3-11-13(14(15)16-4-2)10-8-6-5-7-9-12(10)17-11/h3,5-10,13H,4H2,1-2H3/b11-3+/t10-,13+/m1/s1. The van der Waals surface area contributed by atoms with Crippen molar-refractivity contribution in [2.45, 2.75) is 13.8 Å². The highest BCUT2D eigenvalue weighted by Gasteiger charge is 2.42. The van der Waals surface area contributed by atoms with Crippen LogP contribution in [-0.4, -0.2) is 12.6 Å². The van der Waals surface area contributed by atoms with Gasteiger partial charge in [-0.3, -0.25) is 4.79 Å². The van der Waals surface area contributed by atoms with Gasteiger partial charge in [0.1, 0.15) is 17.4 Å². The van der Waals surface area contributed by atoms with Crippen molar-refractivity contribution >= 4 is 5.97 Å². The summed E-state index contributed by atoms with van der Waals surface area (Å²) in [6.45, 7) is 4.07. The van der Waals surface area contributed by atoms with Gasteiger partial charge in [-0.1, -0.05) is 24.3 Å². The molecule has 1 fully saturated rings. The average molecular weight is 232 g/mol. The number of esters is 1. The number of carbonyl (C=O) groups excluding carboxylic acids is 1. The van der Waals surface area contributed by atoms with Crippen molar-refractivity contribution in [1.29, 1.82) is 0 Å². The first-order valence-electron chi connectivity index (χ1n) is 5.83. The molecule has 0 radical (unpaired) electrons. The fourth-order valence-corrected chi connectivity index (χ4v) is 2.09. The molecule has 2 rings (SSSR count). The lowest BCUT2D eigenvalue weighted by molar-refractivity contribution is -0.147. The van der Waals surface area contributed by atoms with Crippen LogP contribution in [0.2, 0.25) is 0 Å². The Hall–Kier alpha value is -1.77. The Labute approximate surface area is 101 Å². The predicted molar refractivity (Wildman–Crippen MR) is 64.8 cm³/mol. The summed E-state index contributed by atoms with van der Waals surface area (Å²) in [5, 5.41) is 0. The minimum atomic E-state index is -0.345. The third-order valence-electron chi connectivity index (χ3n) is 2.86. The Morgan fingerprint density at radius 2 is 2.29 bits per heavy atom. The predicted octanol–water partition coefficient (Wildman–Crippen LogP) is 2.73. The SMILES string of the molecule is C/C=C1/OC2=CC=CC=C[C@H]2[C@@H]1C(=O)OCC. The number of rotatable bonds is 2. The highest BCUT2D eigenvalue weighted by molar-refractivity contribution is 5.77. The van der Waals surface area contributed by atoms with Gasteiger partial charge in [0.25, 0.3) is 0 Å². The summed E-state index contributed by atoms with van der Waals surface area (Å²) in [5.74, 6) is 0.874. The second-order valence-electron chi connectivity index (χ2n) is 3.89. The Morgan fingerprint density at radius 3 is 3.00 bits per heavy atom. The van der Waals surface area contributed by atoms with E-state index in [4.69, 9.17) is 9.47 Å². The van der Waals surface area contributed by atoms with Crippen LogP contribution in [-0.2, 0) is 14.3 Å². The van der Waals surface area contributed by atoms with Gasteiger partial charge in [-0.25, -0.2) is 0 Å². The van der Waals surface area contributed by atoms with E-state index in [2.05, 4.69) is 0 Å². The Morgan fingerprint density at radius 1 is 1.47 bits per heavy atom. The van der Waals surface area contributed by atoms with Gasteiger partial charge in [0.05, 0.1) is 12.5 Å². The van der Waals surface area contributed by atoms with E-state index >= 15 is 0 Å². The zero-order valence-corrected chi connectivity index (χ0v) is 10.1. The Kier molecular flexibility index (Phi) is 3.47. The summed E-state index contributed by atoms with van der Waals surface area (Å²) in [5.41, 5.74) is 0. The van der Waals surface area contributed by atoms with E-state index in [-0.39, 0.29) is 17.8 Å². The van der Waals surface area contributed by atoms with Crippen LogP contribution in [0.1, 0.15) is 13.8 Å². The smallest absolute Gasteiger partial charge is 0.317 e. The number of hydrogen-bond acceptors (Lipinski definition) is 3. The minimum absolute atomic E-state index is 0.0461. The summed E-state index contributed by atoms with van der Waals surface area (Å²) >= 11 is 0. The third-order valence-corrected chi connectivity index (χ3v) is 2.86. The van der Waals surface area contributed by atoms with E-state index in [1.54, 1.807) is 0 Å². The van der Waals surface area contributed by atoms with Crippen LogP contribution in [0.25, 0.3) is 0 Å². The van der Waals surface area contributed by atoms with Gasteiger partial charge >= 0.3 is 5.97 Å². The van der Waals surface area contributed by atoms with Gasteiger partial charge in [-0.2, -0.15) is 0 Å². The van der Waals surface area contributed by atoms with E-state index in [0.29, 0.717) is 12.4 Å². The topological polar surface area (TPSA) is 35.5 Å². The fraction of sp³-hybridized carbons (Fsp3) is 0.357. The number of fused-ring (bicyclic) bond motifs is 1. The molecule has 0 bridgehead atoms. The normalized spacial score (nSPS) is 28.4. The molecule has 0 aromatic heterocycles. The second kappa shape index (κ2) is 5.04. The van der Waals surface area contributed by atoms with Gasteiger partial charge in [0, 0.05) is 0 Å². The molecular weight excluding hydrogens is 216 g/mol. The molecule has 0 spiro atoms. The third kappa shape index (κ3) is 2.18. The quantitative estimate of drug-likeness (QED) is 0.687. The summed E-state index contributed by atoms with van der Waals surface area (Å²) in [7, 11) is 0. The first-order chi connectivity index (χ1) is 8.27. The van der Waals surface area contributed by atoms with Crippen molar-refractivity contribution in [2.24, 2.45) is 11.8 Å². The van der Waals surface area contributed by atoms with Crippen molar-refractivity contribution in [3.63, 3.8) is 0 Å². The molecular formula is C14H16O3. The summed E-state index contributed by atoms with van der Waals surface area (Å²) in [6, 6.07) is 0. The Balaban J connectivity index is 2.32. The molecule has 0 aromatic carbocycles. The van der Waals surface area contributed by atoms with Gasteiger partial charge in [0.2, 0.25) is 0 Å². The maximum Gasteiger partial charge on any atom is 0.317 e. The zero-order chi connectivity index (χ0) is 12.3. The minimum Gasteiger partial charge on any atom is -0.465 e. The molecule has 1 aliphatic heterocycles. The summed E-state index contributed by atoms with van der Waals surface area (Å²) < 4.78 is 10.8. The van der Waals surface area contributed by atoms with Crippen molar-refractivity contribution in [3.8, 4) is 0 Å². The molecule has 0 saturated carbocycles. The Bertz CT molecular complexity index is 427. The van der Waals surface area contributed by atoms with E-state index in [0.717, 1.165) is 5.76 Å². The van der Waals surface area contributed by atoms with Gasteiger partial charge in [0.15, 0.2) is 0 Å². The molecule has 2 aliphatic rings. The molecule has 0 amide bonds. The molecule has 0 aromatic rings. The fourth-order valence-electron chi connectivity index (χ4n) is 2.09. The van der Waals surface area contributed by atoms with Crippen molar-refractivity contribution in [3.05, 3.63) is 48.0 Å². The lowest BCUT2D eigenvalue weighted by Crippen LogP contribution is -2.22. The molecule has 0 N–H and O–H groups in total. The van der Waals surface area contributed by atoms with Gasteiger partial charge in [-0.15, -0.1) is 0 Å². The van der Waals surface area contributed by atoms with E-state index in [1.807, 2.05) is 50.3 Å². The average Bonchev–Trinajstić information content (AvgIpc) is 2.52. The molecule has 17 heavy (non-hydrogen) atoms. The molecule has 0 unspecified atom stereocenters. The van der Waals surface area contributed by atoms with E-state index in [9.17, 15) is 4.79 Å². The van der Waals surface area contributed by atoms with Gasteiger partial charge < -0.3 is 9.47 Å². The number of ether oxygens (including phenoxy) is 2. The first-order valence-corrected chi connectivity index (χ1v) is 5.83. The largest absolute Gasteiger partial charge is 0.465 e. The van der Waals surface area contributed by atoms with Crippen LogP contribution in [0.4, 0.5) is 0 Å². The van der Waals surface area contributed by atoms with Crippen LogP contribution in [0.3, 0.4) is 0 Å². The molecule has 2 atom stereocenters. The van der Waals surface area contributed by atoms with Crippen LogP contribution in [0, 0.1) is 11.8 Å². The molecule has 1 aliphatic carbocycles. The van der Waals surface area contributed by atoms with Crippen LogP contribution < -0.4 is 0 Å². The lowest BCUT2D eigenvalue weighted by Gasteiger charge is -2.12. The van der Waals surface area contributed by atoms with Crippen LogP contribution >= 0.6 is 0 Å². The number of carbonyl (C=O) groups is 1. The van der Waals surface area contributed by atoms with Crippen LogP contribution in [0.5, 0.6) is 0 Å². The van der Waals surface area contributed by atoms with Gasteiger partial charge in [-0.05, 0) is 26.0 Å². The van der Waals surface area contributed by atoms with Crippen molar-refractivity contribution in [2.75, 3.05) is 6.61 Å². The van der Waals surface area contributed by atoms with E-state index < -0.39 is 0 Å². The highest BCUT2D eigenvalue weighted by atomic mass is 16.5. The highest BCUT2D eigenvalue weighted by Crippen LogP contribution is 2.40. The van der Waals surface area contributed by atoms with Crippen molar-refractivity contribution in [1.82, 2.24) is 0 Å². The summed E-state index contributed by atoms with van der Waals surface area (Å²) in [6.07, 6.45) is 11.5. The molecule has 1 saturated heterocycles. The first kappa shape index (κ1) is 11.7. The van der Waals surface area contributed by atoms with Crippen LogP contribution in [0.15, 0.2) is 48.0 Å². The maximum absolute atomic E-state index is 12.0. The lowest BCUT2D eigenvalue weighted by atomic mass is 9.91. The zero-order valence-electron chi connectivity index (χ0n) is 10.1.